The van der Waals surface area contributed by atoms with Crippen molar-refractivity contribution < 1.29 is 14.3 Å². The second-order valence-electron chi connectivity index (χ2n) is 5.53. The maximum absolute atomic E-state index is 11.2. The van der Waals surface area contributed by atoms with Crippen LogP contribution < -0.4 is 14.8 Å². The first kappa shape index (κ1) is 15.2. The number of methoxy groups -OCH3 is 1. The lowest BCUT2D eigenvalue weighted by Gasteiger charge is -2.20. The number of hydrogen-bond donors (Lipinski definition) is 1. The molecule has 0 saturated carbocycles. The van der Waals surface area contributed by atoms with Crippen LogP contribution >= 0.6 is 0 Å². The number of hydrogen-bond acceptors (Lipinski definition) is 4. The molecule has 0 aliphatic carbocycles. The van der Waals surface area contributed by atoms with Crippen molar-refractivity contribution in [2.45, 2.75) is 13.5 Å². The third-order valence-corrected chi connectivity index (χ3v) is 3.87. The molecular weight excluding hydrogens is 290 g/mol. The molecule has 0 fully saturated rings. The van der Waals surface area contributed by atoms with Crippen LogP contribution in [0.2, 0.25) is 0 Å². The van der Waals surface area contributed by atoms with Crippen molar-refractivity contribution in [2.24, 2.45) is 0 Å². The maximum atomic E-state index is 11.2. The molecular formula is C19H19NO3. The van der Waals surface area contributed by atoms with E-state index in [-0.39, 0.29) is 0 Å². The van der Waals surface area contributed by atoms with Gasteiger partial charge < -0.3 is 14.8 Å². The zero-order chi connectivity index (χ0) is 16.2. The smallest absolute Gasteiger partial charge is 0.153 e. The molecule has 0 unspecified atom stereocenters. The summed E-state index contributed by atoms with van der Waals surface area (Å²) in [7, 11) is 1.57. The molecule has 1 aliphatic heterocycles. The Balaban J connectivity index is 1.84. The number of ether oxygens (including phenoxy) is 2. The van der Waals surface area contributed by atoms with E-state index in [1.54, 1.807) is 25.3 Å². The monoisotopic (exact) mass is 309 g/mol. The van der Waals surface area contributed by atoms with Crippen LogP contribution in [0.25, 0.3) is 6.08 Å². The lowest BCUT2D eigenvalue weighted by molar-refractivity contribution is 0.111. The van der Waals surface area contributed by atoms with Gasteiger partial charge in [-0.15, -0.1) is 0 Å². The predicted molar refractivity (Wildman–Crippen MR) is 91.3 cm³/mol. The molecule has 118 valence electrons. The van der Waals surface area contributed by atoms with Crippen LogP contribution in [0.1, 0.15) is 28.4 Å². The van der Waals surface area contributed by atoms with Crippen LogP contribution in [0.5, 0.6) is 11.5 Å². The third-order valence-electron chi connectivity index (χ3n) is 3.87. The van der Waals surface area contributed by atoms with E-state index in [9.17, 15) is 4.79 Å². The van der Waals surface area contributed by atoms with Gasteiger partial charge in [0, 0.05) is 17.8 Å². The summed E-state index contributed by atoms with van der Waals surface area (Å²) in [6, 6.07) is 11.3. The van der Waals surface area contributed by atoms with Gasteiger partial charge in [-0.2, -0.15) is 0 Å². The summed E-state index contributed by atoms with van der Waals surface area (Å²) in [5, 5.41) is 3.39. The second-order valence-corrected chi connectivity index (χ2v) is 5.53. The molecule has 23 heavy (non-hydrogen) atoms. The molecule has 1 N–H and O–H groups in total. The highest BCUT2D eigenvalue weighted by atomic mass is 16.5. The minimum atomic E-state index is 0.405. The van der Waals surface area contributed by atoms with Crippen LogP contribution in [0.4, 0.5) is 5.69 Å². The highest BCUT2D eigenvalue weighted by Crippen LogP contribution is 2.29. The van der Waals surface area contributed by atoms with Crippen molar-refractivity contribution >= 4 is 18.0 Å². The molecule has 1 heterocycles. The average molecular weight is 309 g/mol. The Kier molecular flexibility index (Phi) is 4.33. The number of rotatable bonds is 5. The van der Waals surface area contributed by atoms with E-state index in [4.69, 9.17) is 9.47 Å². The van der Waals surface area contributed by atoms with Crippen molar-refractivity contribution in [1.29, 1.82) is 0 Å². The lowest BCUT2D eigenvalue weighted by Crippen LogP contribution is -2.11. The molecule has 0 amide bonds. The highest BCUT2D eigenvalue weighted by molar-refractivity contribution is 5.80. The van der Waals surface area contributed by atoms with E-state index in [2.05, 4.69) is 24.4 Å². The Morgan fingerprint density at radius 3 is 2.91 bits per heavy atom. The molecule has 0 aromatic heterocycles. The molecule has 1 aliphatic rings. The molecule has 4 heteroatoms. The number of anilines is 1. The minimum Gasteiger partial charge on any atom is -0.497 e. The van der Waals surface area contributed by atoms with Gasteiger partial charge in [0.2, 0.25) is 0 Å². The molecule has 3 rings (SSSR count). The number of carbonyl (C=O) groups excluding carboxylic acids is 1. The standard InChI is InChI=1S/C19H19NO3/c1-13-8-17-14(4-3-5-18(17)20-10-13)12-23-19-7-6-16(22-2)9-15(19)11-21/h3-9,11,20H,10,12H2,1-2H3. The van der Waals surface area contributed by atoms with Crippen LogP contribution in [0.15, 0.2) is 42.0 Å². The lowest BCUT2D eigenvalue weighted by atomic mass is 10.00. The zero-order valence-electron chi connectivity index (χ0n) is 13.3. The Morgan fingerprint density at radius 1 is 1.26 bits per heavy atom. The molecule has 0 radical (unpaired) electrons. The van der Waals surface area contributed by atoms with E-state index in [0.29, 0.717) is 23.7 Å². The van der Waals surface area contributed by atoms with Gasteiger partial charge in [-0.05, 0) is 36.8 Å². The minimum absolute atomic E-state index is 0.405. The fourth-order valence-corrected chi connectivity index (χ4v) is 2.63. The molecule has 0 bridgehead atoms. The highest BCUT2D eigenvalue weighted by Gasteiger charge is 2.12. The van der Waals surface area contributed by atoms with Crippen molar-refractivity contribution in [2.75, 3.05) is 19.0 Å². The van der Waals surface area contributed by atoms with Crippen LogP contribution in [0, 0.1) is 0 Å². The normalized spacial score (nSPS) is 12.7. The van der Waals surface area contributed by atoms with Gasteiger partial charge in [0.05, 0.1) is 12.7 Å². The Labute approximate surface area is 135 Å². The SMILES string of the molecule is COc1ccc(OCc2cccc3c2C=C(C)CN3)c(C=O)c1. The zero-order valence-corrected chi connectivity index (χ0v) is 13.3. The maximum Gasteiger partial charge on any atom is 0.153 e. The van der Waals surface area contributed by atoms with Gasteiger partial charge in [0.15, 0.2) is 6.29 Å². The molecule has 4 nitrogen and oxygen atoms in total. The van der Waals surface area contributed by atoms with E-state index in [1.807, 2.05) is 12.1 Å². The summed E-state index contributed by atoms with van der Waals surface area (Å²) in [5.41, 5.74) is 5.11. The van der Waals surface area contributed by atoms with Gasteiger partial charge in [-0.1, -0.05) is 23.8 Å². The summed E-state index contributed by atoms with van der Waals surface area (Å²) in [4.78, 5) is 11.2. The van der Waals surface area contributed by atoms with Gasteiger partial charge in [0.25, 0.3) is 0 Å². The molecule has 0 atom stereocenters. The largest absolute Gasteiger partial charge is 0.497 e. The van der Waals surface area contributed by atoms with Gasteiger partial charge >= 0.3 is 0 Å². The van der Waals surface area contributed by atoms with Gasteiger partial charge in [-0.3, -0.25) is 4.79 Å². The Bertz CT molecular complexity index is 765. The molecule has 0 saturated heterocycles. The van der Waals surface area contributed by atoms with Crippen molar-refractivity contribution in [1.82, 2.24) is 0 Å². The van der Waals surface area contributed by atoms with E-state index >= 15 is 0 Å². The van der Waals surface area contributed by atoms with Gasteiger partial charge in [0.1, 0.15) is 18.1 Å². The van der Waals surface area contributed by atoms with Crippen molar-refractivity contribution in [3.8, 4) is 11.5 Å². The van der Waals surface area contributed by atoms with E-state index < -0.39 is 0 Å². The number of aldehydes is 1. The Hall–Kier alpha value is -2.75. The molecule has 2 aromatic carbocycles. The number of carbonyl (C=O) groups is 1. The number of nitrogens with one attached hydrogen (secondary N) is 1. The van der Waals surface area contributed by atoms with Crippen LogP contribution in [-0.4, -0.2) is 19.9 Å². The summed E-state index contributed by atoms with van der Waals surface area (Å²) < 4.78 is 11.0. The topological polar surface area (TPSA) is 47.6 Å². The second kappa shape index (κ2) is 6.57. The first-order valence-corrected chi connectivity index (χ1v) is 7.50. The van der Waals surface area contributed by atoms with E-state index in [1.165, 1.54) is 5.57 Å². The molecule has 2 aromatic rings. The molecule has 0 spiro atoms. The predicted octanol–water partition coefficient (Wildman–Crippen LogP) is 3.92. The average Bonchev–Trinajstić information content (AvgIpc) is 2.59. The third kappa shape index (κ3) is 3.21. The summed E-state index contributed by atoms with van der Waals surface area (Å²) in [5.74, 6) is 1.20. The van der Waals surface area contributed by atoms with Crippen molar-refractivity contribution in [3.05, 3.63) is 58.7 Å². The number of fused-ring (bicyclic) bond motifs is 1. The first-order chi connectivity index (χ1) is 11.2. The first-order valence-electron chi connectivity index (χ1n) is 7.50. The van der Waals surface area contributed by atoms with Gasteiger partial charge in [-0.25, -0.2) is 0 Å². The fourth-order valence-electron chi connectivity index (χ4n) is 2.63. The van der Waals surface area contributed by atoms with Crippen molar-refractivity contribution in [3.63, 3.8) is 0 Å². The number of benzene rings is 2. The summed E-state index contributed by atoms with van der Waals surface area (Å²) in [6.07, 6.45) is 2.96. The van der Waals surface area contributed by atoms with Crippen LogP contribution in [-0.2, 0) is 6.61 Å². The quantitative estimate of drug-likeness (QED) is 0.851. The fraction of sp³-hybridized carbons (Fsp3) is 0.211. The summed E-state index contributed by atoms with van der Waals surface area (Å²) >= 11 is 0. The summed E-state index contributed by atoms with van der Waals surface area (Å²) in [6.45, 7) is 3.37. The van der Waals surface area contributed by atoms with Crippen LogP contribution in [0.3, 0.4) is 0 Å². The Morgan fingerprint density at radius 2 is 2.13 bits per heavy atom. The van der Waals surface area contributed by atoms with E-state index in [0.717, 1.165) is 29.6 Å².